The van der Waals surface area contributed by atoms with Crippen molar-refractivity contribution in [3.8, 4) is 11.5 Å². The van der Waals surface area contributed by atoms with Gasteiger partial charge in [0.25, 0.3) is 5.69 Å². The molecule has 30 heavy (non-hydrogen) atoms. The summed E-state index contributed by atoms with van der Waals surface area (Å²) in [6.07, 6.45) is 1.42. The van der Waals surface area contributed by atoms with E-state index in [1.807, 2.05) is 0 Å². The summed E-state index contributed by atoms with van der Waals surface area (Å²) < 4.78 is 24.1. The molecule has 1 aliphatic heterocycles. The molecule has 0 spiro atoms. The minimum atomic E-state index is -0.793. The first-order valence-corrected chi connectivity index (χ1v) is 8.71. The van der Waals surface area contributed by atoms with Gasteiger partial charge >= 0.3 is 5.97 Å². The SMILES string of the molecule is O=C(Oc1ccc2c(c1)O/C(=C/c1cccc(F)c1)C2=O)c1cccc([N+](=O)[O-])c1. The van der Waals surface area contributed by atoms with Gasteiger partial charge < -0.3 is 9.47 Å². The zero-order valence-corrected chi connectivity index (χ0v) is 15.2. The molecule has 0 N–H and O–H groups in total. The van der Waals surface area contributed by atoms with Gasteiger partial charge in [-0.05, 0) is 42.0 Å². The van der Waals surface area contributed by atoms with E-state index in [2.05, 4.69) is 0 Å². The third-order valence-corrected chi connectivity index (χ3v) is 4.29. The maximum absolute atomic E-state index is 13.3. The first-order valence-electron chi connectivity index (χ1n) is 8.71. The second-order valence-corrected chi connectivity index (χ2v) is 6.35. The number of rotatable bonds is 4. The van der Waals surface area contributed by atoms with Gasteiger partial charge in [-0.1, -0.05) is 18.2 Å². The number of benzene rings is 3. The number of nitro benzene ring substituents is 1. The van der Waals surface area contributed by atoms with Crippen molar-refractivity contribution in [2.45, 2.75) is 0 Å². The van der Waals surface area contributed by atoms with Crippen molar-refractivity contribution < 1.29 is 28.4 Å². The molecule has 0 bridgehead atoms. The fourth-order valence-electron chi connectivity index (χ4n) is 2.89. The normalized spacial score (nSPS) is 13.6. The quantitative estimate of drug-likeness (QED) is 0.207. The summed E-state index contributed by atoms with van der Waals surface area (Å²) in [6.45, 7) is 0. The zero-order chi connectivity index (χ0) is 21.3. The fraction of sp³-hybridized carbons (Fsp3) is 0. The number of fused-ring (bicyclic) bond motifs is 1. The van der Waals surface area contributed by atoms with Gasteiger partial charge in [-0.25, -0.2) is 9.18 Å². The Kier molecular flexibility index (Phi) is 4.81. The molecule has 0 fully saturated rings. The van der Waals surface area contributed by atoms with E-state index in [1.165, 1.54) is 60.7 Å². The molecule has 0 aliphatic carbocycles. The molecule has 1 aliphatic rings. The van der Waals surface area contributed by atoms with Crippen LogP contribution in [-0.4, -0.2) is 16.7 Å². The number of ketones is 1. The number of carbonyl (C=O) groups excluding carboxylic acids is 2. The summed E-state index contributed by atoms with van der Waals surface area (Å²) >= 11 is 0. The van der Waals surface area contributed by atoms with Crippen LogP contribution in [0.3, 0.4) is 0 Å². The summed E-state index contributed by atoms with van der Waals surface area (Å²) in [6, 6.07) is 15.1. The van der Waals surface area contributed by atoms with E-state index in [4.69, 9.17) is 9.47 Å². The largest absolute Gasteiger partial charge is 0.452 e. The molecule has 0 radical (unpaired) electrons. The van der Waals surface area contributed by atoms with Crippen LogP contribution >= 0.6 is 0 Å². The van der Waals surface area contributed by atoms with Crippen molar-refractivity contribution in [1.29, 1.82) is 0 Å². The lowest BCUT2D eigenvalue weighted by atomic mass is 10.1. The van der Waals surface area contributed by atoms with E-state index >= 15 is 0 Å². The van der Waals surface area contributed by atoms with Crippen LogP contribution in [0.5, 0.6) is 11.5 Å². The second-order valence-electron chi connectivity index (χ2n) is 6.35. The number of halogens is 1. The van der Waals surface area contributed by atoms with Crippen molar-refractivity contribution in [3.05, 3.63) is 105 Å². The van der Waals surface area contributed by atoms with E-state index in [0.29, 0.717) is 5.56 Å². The van der Waals surface area contributed by atoms with Crippen molar-refractivity contribution in [1.82, 2.24) is 0 Å². The molecule has 0 unspecified atom stereocenters. The molecule has 0 aromatic heterocycles. The topological polar surface area (TPSA) is 95.7 Å². The van der Waals surface area contributed by atoms with Gasteiger partial charge in [0, 0.05) is 18.2 Å². The molecule has 3 aromatic carbocycles. The third-order valence-electron chi connectivity index (χ3n) is 4.29. The summed E-state index contributed by atoms with van der Waals surface area (Å²) in [7, 11) is 0. The Morgan fingerprint density at radius 1 is 1.07 bits per heavy atom. The Hall–Kier alpha value is -4.33. The molecular formula is C22H12FNO6. The number of Topliss-reactive ketones (excluding diaryl/α,β-unsaturated/α-hetero) is 1. The predicted octanol–water partition coefficient (Wildman–Crippen LogP) is 4.57. The van der Waals surface area contributed by atoms with Gasteiger partial charge in [0.1, 0.15) is 17.3 Å². The molecule has 0 amide bonds. The standard InChI is InChI=1S/C22H12FNO6/c23-15-5-1-3-13(9-15)10-20-21(25)18-8-7-17(12-19(18)30-20)29-22(26)14-4-2-6-16(11-14)24(27)28/h1-12H/b20-10+. The highest BCUT2D eigenvalue weighted by Gasteiger charge is 2.28. The lowest BCUT2D eigenvalue weighted by molar-refractivity contribution is -0.384. The van der Waals surface area contributed by atoms with Crippen LogP contribution in [0, 0.1) is 15.9 Å². The molecule has 4 rings (SSSR count). The van der Waals surface area contributed by atoms with Crippen LogP contribution in [0.25, 0.3) is 6.08 Å². The molecule has 148 valence electrons. The van der Waals surface area contributed by atoms with Gasteiger partial charge in [-0.15, -0.1) is 0 Å². The smallest absolute Gasteiger partial charge is 0.343 e. The maximum atomic E-state index is 13.3. The Bertz CT molecular complexity index is 1230. The summed E-state index contributed by atoms with van der Waals surface area (Å²) in [5.41, 5.74) is 0.504. The molecule has 0 saturated carbocycles. The van der Waals surface area contributed by atoms with Crippen LogP contribution in [0.15, 0.2) is 72.5 Å². The highest BCUT2D eigenvalue weighted by atomic mass is 19.1. The molecular weight excluding hydrogens is 393 g/mol. The predicted molar refractivity (Wildman–Crippen MR) is 104 cm³/mol. The van der Waals surface area contributed by atoms with Crippen LogP contribution in [0.4, 0.5) is 10.1 Å². The van der Waals surface area contributed by atoms with E-state index in [0.717, 1.165) is 6.07 Å². The molecule has 0 atom stereocenters. The molecule has 1 heterocycles. The number of ether oxygens (including phenoxy) is 2. The summed E-state index contributed by atoms with van der Waals surface area (Å²) in [4.78, 5) is 35.0. The van der Waals surface area contributed by atoms with Crippen molar-refractivity contribution in [2.24, 2.45) is 0 Å². The van der Waals surface area contributed by atoms with Gasteiger partial charge in [-0.2, -0.15) is 0 Å². The Morgan fingerprint density at radius 2 is 1.87 bits per heavy atom. The van der Waals surface area contributed by atoms with Crippen LogP contribution in [-0.2, 0) is 0 Å². The van der Waals surface area contributed by atoms with E-state index in [-0.39, 0.29) is 39.9 Å². The van der Waals surface area contributed by atoms with Crippen LogP contribution in [0.2, 0.25) is 0 Å². The molecule has 8 heteroatoms. The number of esters is 1. The Balaban J connectivity index is 1.55. The first-order chi connectivity index (χ1) is 14.4. The van der Waals surface area contributed by atoms with Gasteiger partial charge in [0.2, 0.25) is 5.78 Å². The first kappa shape index (κ1) is 19.0. The second kappa shape index (κ2) is 7.59. The van der Waals surface area contributed by atoms with Crippen LogP contribution < -0.4 is 9.47 Å². The Morgan fingerprint density at radius 3 is 2.63 bits per heavy atom. The van der Waals surface area contributed by atoms with Crippen molar-refractivity contribution in [2.75, 3.05) is 0 Å². The monoisotopic (exact) mass is 405 g/mol. The van der Waals surface area contributed by atoms with Crippen LogP contribution in [0.1, 0.15) is 26.3 Å². The summed E-state index contributed by atoms with van der Waals surface area (Å²) in [5, 5.41) is 10.9. The van der Waals surface area contributed by atoms with Gasteiger partial charge in [0.15, 0.2) is 5.76 Å². The minimum Gasteiger partial charge on any atom is -0.452 e. The lowest BCUT2D eigenvalue weighted by Crippen LogP contribution is -2.08. The number of hydrogen-bond acceptors (Lipinski definition) is 6. The zero-order valence-electron chi connectivity index (χ0n) is 15.2. The number of non-ortho nitro benzene ring substituents is 1. The summed E-state index contributed by atoms with van der Waals surface area (Å²) in [5.74, 6) is -1.32. The van der Waals surface area contributed by atoms with Gasteiger partial charge in [0.05, 0.1) is 16.1 Å². The fourth-order valence-corrected chi connectivity index (χ4v) is 2.89. The number of allylic oxidation sites excluding steroid dienone is 1. The molecule has 7 nitrogen and oxygen atoms in total. The lowest BCUT2D eigenvalue weighted by Gasteiger charge is -2.05. The highest BCUT2D eigenvalue weighted by molar-refractivity contribution is 6.14. The number of nitro groups is 1. The highest BCUT2D eigenvalue weighted by Crippen LogP contribution is 2.35. The Labute approximate surface area is 169 Å². The van der Waals surface area contributed by atoms with E-state index in [1.54, 1.807) is 6.07 Å². The molecule has 3 aromatic rings. The van der Waals surface area contributed by atoms with E-state index < -0.39 is 16.7 Å². The average molecular weight is 405 g/mol. The number of hydrogen-bond donors (Lipinski definition) is 0. The third kappa shape index (κ3) is 3.79. The van der Waals surface area contributed by atoms with Crippen molar-refractivity contribution >= 4 is 23.5 Å². The maximum Gasteiger partial charge on any atom is 0.343 e. The minimum absolute atomic E-state index is 0.00776. The average Bonchev–Trinajstić information content (AvgIpc) is 3.03. The number of carbonyl (C=O) groups is 2. The molecule has 0 saturated heterocycles. The van der Waals surface area contributed by atoms with Crippen molar-refractivity contribution in [3.63, 3.8) is 0 Å². The van der Waals surface area contributed by atoms with E-state index in [9.17, 15) is 24.1 Å². The van der Waals surface area contributed by atoms with Gasteiger partial charge in [-0.3, -0.25) is 14.9 Å². The number of nitrogens with zero attached hydrogens (tertiary/aromatic N) is 1.